The van der Waals surface area contributed by atoms with Crippen molar-refractivity contribution in [1.82, 2.24) is 0 Å². The van der Waals surface area contributed by atoms with E-state index < -0.39 is 11.7 Å². The fourth-order valence-electron chi connectivity index (χ4n) is 1.20. The quantitative estimate of drug-likeness (QED) is 0.685. The van der Waals surface area contributed by atoms with Gasteiger partial charge in [0, 0.05) is 6.21 Å². The molecule has 0 fully saturated rings. The third-order valence-electron chi connectivity index (χ3n) is 2.07. The largest absolute Gasteiger partial charge is 0.416 e. The van der Waals surface area contributed by atoms with E-state index in [2.05, 4.69) is 4.99 Å². The maximum Gasteiger partial charge on any atom is 0.416 e. The predicted octanol–water partition coefficient (Wildman–Crippen LogP) is 4.59. The molecule has 0 radical (unpaired) electrons. The minimum atomic E-state index is -4.28. The van der Waals surface area contributed by atoms with E-state index in [1.807, 2.05) is 20.8 Å². The standard InChI is InChI=1S/C14H16F3N/c1-13(2,3)18-10-4-5-11-6-8-12(9-7-11)14(15,16)17/h4-10H,1-3H3/b5-4+,18-10?. The number of rotatable bonds is 2. The second kappa shape index (κ2) is 5.38. The summed E-state index contributed by atoms with van der Waals surface area (Å²) in [5, 5.41) is 0. The summed E-state index contributed by atoms with van der Waals surface area (Å²) >= 11 is 0. The predicted molar refractivity (Wildman–Crippen MR) is 68.7 cm³/mol. The molecule has 98 valence electrons. The molecule has 0 amide bonds. The summed E-state index contributed by atoms with van der Waals surface area (Å²) in [6, 6.07) is 5.01. The van der Waals surface area contributed by atoms with Gasteiger partial charge in [0.05, 0.1) is 11.1 Å². The zero-order valence-electron chi connectivity index (χ0n) is 10.6. The number of alkyl halides is 3. The lowest BCUT2D eigenvalue weighted by atomic mass is 10.1. The highest BCUT2D eigenvalue weighted by molar-refractivity contribution is 5.78. The first-order valence-electron chi connectivity index (χ1n) is 5.58. The van der Waals surface area contributed by atoms with Gasteiger partial charge in [-0.25, -0.2) is 0 Å². The van der Waals surface area contributed by atoms with Gasteiger partial charge in [-0.3, -0.25) is 4.99 Å². The molecule has 0 aliphatic carbocycles. The smallest absolute Gasteiger partial charge is 0.287 e. The first-order chi connectivity index (χ1) is 8.18. The average Bonchev–Trinajstić information content (AvgIpc) is 2.22. The van der Waals surface area contributed by atoms with Crippen molar-refractivity contribution in [1.29, 1.82) is 0 Å². The Labute approximate surface area is 105 Å². The lowest BCUT2D eigenvalue weighted by molar-refractivity contribution is -0.137. The number of aliphatic imine (C=N–C) groups is 1. The van der Waals surface area contributed by atoms with Crippen molar-refractivity contribution in [3.05, 3.63) is 41.5 Å². The molecule has 0 saturated heterocycles. The molecular weight excluding hydrogens is 239 g/mol. The zero-order valence-corrected chi connectivity index (χ0v) is 10.6. The highest BCUT2D eigenvalue weighted by Gasteiger charge is 2.29. The number of benzene rings is 1. The number of halogens is 3. The highest BCUT2D eigenvalue weighted by Crippen LogP contribution is 2.29. The second-order valence-electron chi connectivity index (χ2n) is 4.93. The van der Waals surface area contributed by atoms with Crippen LogP contribution in [-0.4, -0.2) is 11.8 Å². The summed E-state index contributed by atoms with van der Waals surface area (Å²) in [7, 11) is 0. The van der Waals surface area contributed by atoms with Crippen LogP contribution < -0.4 is 0 Å². The van der Waals surface area contributed by atoms with Crippen molar-refractivity contribution in [2.24, 2.45) is 4.99 Å². The second-order valence-corrected chi connectivity index (χ2v) is 4.93. The van der Waals surface area contributed by atoms with Crippen molar-refractivity contribution in [2.75, 3.05) is 0 Å². The summed E-state index contributed by atoms with van der Waals surface area (Å²) in [5.41, 5.74) is -0.0730. The van der Waals surface area contributed by atoms with Crippen LogP contribution in [0.1, 0.15) is 31.9 Å². The Bertz CT molecular complexity index is 434. The van der Waals surface area contributed by atoms with Crippen molar-refractivity contribution in [3.8, 4) is 0 Å². The normalized spacial score (nSPS) is 13.7. The first kappa shape index (κ1) is 14.5. The van der Waals surface area contributed by atoms with Crippen LogP contribution in [0.3, 0.4) is 0 Å². The summed E-state index contributed by atoms with van der Waals surface area (Å²) in [6.07, 6.45) is 0.802. The molecule has 0 heterocycles. The molecule has 0 N–H and O–H groups in total. The number of hydrogen-bond acceptors (Lipinski definition) is 1. The third-order valence-corrected chi connectivity index (χ3v) is 2.07. The molecule has 4 heteroatoms. The zero-order chi connectivity index (χ0) is 13.8. The maximum atomic E-state index is 12.3. The van der Waals surface area contributed by atoms with Gasteiger partial charge in [-0.15, -0.1) is 0 Å². The highest BCUT2D eigenvalue weighted by atomic mass is 19.4. The van der Waals surface area contributed by atoms with E-state index in [0.29, 0.717) is 5.56 Å². The molecule has 0 spiro atoms. The van der Waals surface area contributed by atoms with Gasteiger partial charge in [0.1, 0.15) is 0 Å². The fourth-order valence-corrected chi connectivity index (χ4v) is 1.20. The lowest BCUT2D eigenvalue weighted by Gasteiger charge is -2.09. The van der Waals surface area contributed by atoms with E-state index in [1.54, 1.807) is 18.4 Å². The number of nitrogens with zero attached hydrogens (tertiary/aromatic N) is 1. The molecule has 18 heavy (non-hydrogen) atoms. The topological polar surface area (TPSA) is 12.4 Å². The Hall–Kier alpha value is -1.58. The molecule has 1 aromatic carbocycles. The molecule has 0 aliphatic heterocycles. The van der Waals surface area contributed by atoms with Gasteiger partial charge in [0.15, 0.2) is 0 Å². The summed E-state index contributed by atoms with van der Waals surface area (Å²) in [4.78, 5) is 4.24. The number of hydrogen-bond donors (Lipinski definition) is 0. The SMILES string of the molecule is CC(C)(C)N=C/C=C/c1ccc(C(F)(F)F)cc1. The van der Waals surface area contributed by atoms with Gasteiger partial charge in [0.25, 0.3) is 0 Å². The van der Waals surface area contributed by atoms with E-state index in [0.717, 1.165) is 12.1 Å². The molecule has 0 atom stereocenters. The van der Waals surface area contributed by atoms with Gasteiger partial charge in [0.2, 0.25) is 0 Å². The van der Waals surface area contributed by atoms with E-state index in [4.69, 9.17) is 0 Å². The average molecular weight is 255 g/mol. The van der Waals surface area contributed by atoms with Crippen LogP contribution in [0, 0.1) is 0 Å². The fraction of sp³-hybridized carbons (Fsp3) is 0.357. The minimum Gasteiger partial charge on any atom is -0.287 e. The van der Waals surface area contributed by atoms with Crippen LogP contribution in [0.5, 0.6) is 0 Å². The number of allylic oxidation sites excluding steroid dienone is 1. The molecule has 1 aromatic rings. The van der Waals surface area contributed by atoms with Crippen LogP contribution in [0.4, 0.5) is 13.2 Å². The summed E-state index contributed by atoms with van der Waals surface area (Å²) < 4.78 is 37.0. The molecule has 0 aliphatic rings. The summed E-state index contributed by atoms with van der Waals surface area (Å²) in [5.74, 6) is 0. The van der Waals surface area contributed by atoms with Crippen molar-refractivity contribution >= 4 is 12.3 Å². The Balaban J connectivity index is 2.70. The van der Waals surface area contributed by atoms with Crippen molar-refractivity contribution in [2.45, 2.75) is 32.5 Å². The molecular formula is C14H16F3N. The van der Waals surface area contributed by atoms with Gasteiger partial charge in [-0.2, -0.15) is 13.2 Å². The summed E-state index contributed by atoms with van der Waals surface area (Å²) in [6.45, 7) is 5.90. The van der Waals surface area contributed by atoms with E-state index >= 15 is 0 Å². The monoisotopic (exact) mass is 255 g/mol. The molecule has 1 rings (SSSR count). The molecule has 1 nitrogen and oxygen atoms in total. The van der Waals surface area contributed by atoms with E-state index in [1.165, 1.54) is 12.1 Å². The first-order valence-corrected chi connectivity index (χ1v) is 5.58. The van der Waals surface area contributed by atoms with Gasteiger partial charge >= 0.3 is 6.18 Å². The Morgan fingerprint density at radius 3 is 2.00 bits per heavy atom. The maximum absolute atomic E-state index is 12.3. The molecule has 0 saturated carbocycles. The van der Waals surface area contributed by atoms with E-state index in [-0.39, 0.29) is 5.54 Å². The van der Waals surface area contributed by atoms with Gasteiger partial charge in [-0.05, 0) is 44.5 Å². The Morgan fingerprint density at radius 1 is 1.00 bits per heavy atom. The molecule has 0 unspecified atom stereocenters. The third kappa shape index (κ3) is 5.17. The van der Waals surface area contributed by atoms with Crippen LogP contribution >= 0.6 is 0 Å². The van der Waals surface area contributed by atoms with Crippen molar-refractivity contribution < 1.29 is 13.2 Å². The minimum absolute atomic E-state index is 0.148. The Morgan fingerprint density at radius 2 is 1.56 bits per heavy atom. The van der Waals surface area contributed by atoms with E-state index in [9.17, 15) is 13.2 Å². The van der Waals surface area contributed by atoms with Gasteiger partial charge in [-0.1, -0.05) is 18.2 Å². The van der Waals surface area contributed by atoms with Gasteiger partial charge < -0.3 is 0 Å². The van der Waals surface area contributed by atoms with Crippen LogP contribution in [0.15, 0.2) is 35.3 Å². The van der Waals surface area contributed by atoms with Crippen LogP contribution in [0.25, 0.3) is 6.08 Å². The van der Waals surface area contributed by atoms with Crippen molar-refractivity contribution in [3.63, 3.8) is 0 Å². The van der Waals surface area contributed by atoms with Crippen LogP contribution in [-0.2, 0) is 6.18 Å². The van der Waals surface area contributed by atoms with Crippen LogP contribution in [0.2, 0.25) is 0 Å². The molecule has 0 aromatic heterocycles. The lowest BCUT2D eigenvalue weighted by Crippen LogP contribution is -2.08. The molecule has 0 bridgehead atoms. The Kier molecular flexibility index (Phi) is 4.33.